The van der Waals surface area contributed by atoms with E-state index in [0.717, 1.165) is 18.1 Å². The van der Waals surface area contributed by atoms with Crippen LogP contribution in [0.1, 0.15) is 61.3 Å². The van der Waals surface area contributed by atoms with Crippen molar-refractivity contribution in [1.82, 2.24) is 0 Å². The van der Waals surface area contributed by atoms with Crippen molar-refractivity contribution in [1.29, 1.82) is 0 Å². The van der Waals surface area contributed by atoms with E-state index >= 15 is 0 Å². The molecule has 0 radical (unpaired) electrons. The molecule has 0 aromatic rings. The Labute approximate surface area is 225 Å². The summed E-state index contributed by atoms with van der Waals surface area (Å²) in [6, 6.07) is 2.44. The Bertz CT molecular complexity index is 712. The minimum Gasteiger partial charge on any atom is -0.481 e. The van der Waals surface area contributed by atoms with Crippen molar-refractivity contribution >= 4 is 61.0 Å². The Kier molecular flexibility index (Phi) is 14.5. The molecule has 0 bridgehead atoms. The third-order valence-corrected chi connectivity index (χ3v) is 11.7. The van der Waals surface area contributed by atoms with Gasteiger partial charge in [0.1, 0.15) is 18.5 Å². The number of alkyl halides is 3. The summed E-state index contributed by atoms with van der Waals surface area (Å²) >= 11 is 16.9. The number of Topliss-reactive ketones (excluding diaryl/α,β-unsaturated/α-hetero) is 1. The summed E-state index contributed by atoms with van der Waals surface area (Å²) in [6.45, 7) is 16.2. The predicted molar refractivity (Wildman–Crippen MR) is 143 cm³/mol. The van der Waals surface area contributed by atoms with Gasteiger partial charge in [0.05, 0.1) is 18.4 Å². The topological polar surface area (TPSA) is 99.1 Å². The number of carboxylic acid groups (broad SMARTS) is 1. The number of carboxylic acids is 1. The van der Waals surface area contributed by atoms with E-state index in [-0.39, 0.29) is 18.1 Å². The normalized spacial score (nSPS) is 16.1. The van der Waals surface area contributed by atoms with Gasteiger partial charge in [-0.05, 0) is 30.5 Å². The third-order valence-electron chi connectivity index (χ3n) is 6.72. The van der Waals surface area contributed by atoms with Crippen molar-refractivity contribution in [3.8, 4) is 0 Å². The summed E-state index contributed by atoms with van der Waals surface area (Å²) < 4.78 is 15.1. The highest BCUT2D eigenvalue weighted by Crippen LogP contribution is 2.37. The van der Waals surface area contributed by atoms with Crippen molar-refractivity contribution in [2.75, 3.05) is 6.61 Å². The van der Waals surface area contributed by atoms with Gasteiger partial charge in [-0.1, -0.05) is 89.3 Å². The SMILES string of the molecule is C=CCC(C)C(OC(=O)OCC(Cl)(Cl)Cl)C(C)C(=O)C(C)(C)C(CC(=O)O)O[Si](CC)(CC)CC. The maximum Gasteiger partial charge on any atom is 0.508 e. The maximum absolute atomic E-state index is 13.8. The molecule has 0 aliphatic heterocycles. The Balaban J connectivity index is 6.03. The van der Waals surface area contributed by atoms with E-state index in [1.54, 1.807) is 26.8 Å². The smallest absolute Gasteiger partial charge is 0.481 e. The van der Waals surface area contributed by atoms with Crippen LogP contribution in [0.15, 0.2) is 12.7 Å². The molecule has 0 aliphatic rings. The number of aliphatic carboxylic acids is 1. The quantitative estimate of drug-likeness (QED) is 0.0900. The lowest BCUT2D eigenvalue weighted by Gasteiger charge is -2.42. The van der Waals surface area contributed by atoms with Crippen molar-refractivity contribution in [2.24, 2.45) is 17.3 Å². The molecule has 1 N–H and O–H groups in total. The average molecular weight is 576 g/mol. The molecule has 0 rings (SSSR count). The maximum atomic E-state index is 13.8. The summed E-state index contributed by atoms with van der Waals surface area (Å²) in [6.07, 6.45) is -0.948. The van der Waals surface area contributed by atoms with E-state index < -0.39 is 54.4 Å². The molecule has 0 aromatic heterocycles. The van der Waals surface area contributed by atoms with Crippen molar-refractivity contribution in [3.63, 3.8) is 0 Å². The minimum absolute atomic E-state index is 0.273. The van der Waals surface area contributed by atoms with E-state index in [1.807, 2.05) is 27.7 Å². The second-order valence-electron chi connectivity index (χ2n) is 9.56. The lowest BCUT2D eigenvalue weighted by Crippen LogP contribution is -2.51. The monoisotopic (exact) mass is 574 g/mol. The number of halogens is 3. The molecular weight excluding hydrogens is 535 g/mol. The first-order chi connectivity index (χ1) is 16.0. The Morgan fingerprint density at radius 3 is 1.97 bits per heavy atom. The van der Waals surface area contributed by atoms with Crippen LogP contribution >= 0.6 is 34.8 Å². The zero-order chi connectivity index (χ0) is 27.6. The largest absolute Gasteiger partial charge is 0.508 e. The van der Waals surface area contributed by atoms with Crippen LogP contribution in [0.3, 0.4) is 0 Å². The molecule has 4 unspecified atom stereocenters. The predicted octanol–water partition coefficient (Wildman–Crippen LogP) is 7.19. The van der Waals surface area contributed by atoms with Crippen molar-refractivity contribution in [2.45, 2.75) is 95.4 Å². The second kappa shape index (κ2) is 14.8. The van der Waals surface area contributed by atoms with Crippen molar-refractivity contribution < 1.29 is 33.4 Å². The van der Waals surface area contributed by atoms with Gasteiger partial charge in [0, 0.05) is 5.41 Å². The molecule has 0 amide bonds. The molecule has 4 atom stereocenters. The Morgan fingerprint density at radius 1 is 1.06 bits per heavy atom. The molecule has 7 nitrogen and oxygen atoms in total. The van der Waals surface area contributed by atoms with Gasteiger partial charge in [-0.15, -0.1) is 6.58 Å². The van der Waals surface area contributed by atoms with E-state index in [9.17, 15) is 19.5 Å². The number of carbonyl (C=O) groups is 3. The first-order valence-electron chi connectivity index (χ1n) is 11.9. The van der Waals surface area contributed by atoms with Crippen LogP contribution in [0.25, 0.3) is 0 Å². The van der Waals surface area contributed by atoms with Gasteiger partial charge < -0.3 is 19.0 Å². The lowest BCUT2D eigenvalue weighted by atomic mass is 9.73. The lowest BCUT2D eigenvalue weighted by molar-refractivity contribution is -0.146. The fraction of sp³-hybridized carbons (Fsp3) is 0.792. The highest BCUT2D eigenvalue weighted by Gasteiger charge is 2.47. The summed E-state index contributed by atoms with van der Waals surface area (Å²) in [4.78, 5) is 37.8. The minimum atomic E-state index is -2.23. The summed E-state index contributed by atoms with van der Waals surface area (Å²) in [7, 11) is -2.23. The number of ketones is 1. The van der Waals surface area contributed by atoms with Gasteiger partial charge in [0.25, 0.3) is 0 Å². The van der Waals surface area contributed by atoms with E-state index in [4.69, 9.17) is 48.7 Å². The summed E-state index contributed by atoms with van der Waals surface area (Å²) in [5.41, 5.74) is -1.16. The Hall–Kier alpha value is -0.803. The van der Waals surface area contributed by atoms with Gasteiger partial charge in [0.2, 0.25) is 3.79 Å². The van der Waals surface area contributed by atoms with Crippen molar-refractivity contribution in [3.05, 3.63) is 12.7 Å². The fourth-order valence-electron chi connectivity index (χ4n) is 4.19. The molecule has 0 aromatic carbocycles. The van der Waals surface area contributed by atoms with Gasteiger partial charge in [-0.3, -0.25) is 9.59 Å². The molecule has 11 heteroatoms. The first-order valence-corrected chi connectivity index (χ1v) is 15.6. The zero-order valence-electron chi connectivity index (χ0n) is 21.9. The Morgan fingerprint density at radius 2 is 1.57 bits per heavy atom. The highest BCUT2D eigenvalue weighted by molar-refractivity contribution is 6.73. The molecule has 0 saturated heterocycles. The third kappa shape index (κ3) is 11.0. The van der Waals surface area contributed by atoms with Crippen LogP contribution in [-0.4, -0.2) is 53.9 Å². The number of ether oxygens (including phenoxy) is 2. The molecule has 0 heterocycles. The molecule has 0 fully saturated rings. The van der Waals surface area contributed by atoms with Crippen LogP contribution < -0.4 is 0 Å². The van der Waals surface area contributed by atoms with Crippen LogP contribution in [0, 0.1) is 17.3 Å². The second-order valence-corrected chi connectivity index (χ2v) is 16.8. The molecule has 0 saturated carbocycles. The molecule has 0 spiro atoms. The molecular formula is C24H41Cl3O7Si. The highest BCUT2D eigenvalue weighted by atomic mass is 35.6. The van der Waals surface area contributed by atoms with Gasteiger partial charge in [-0.25, -0.2) is 4.79 Å². The number of carbonyl (C=O) groups excluding carboxylic acids is 2. The van der Waals surface area contributed by atoms with Gasteiger partial charge in [-0.2, -0.15) is 0 Å². The molecule has 35 heavy (non-hydrogen) atoms. The van der Waals surface area contributed by atoms with Crippen LogP contribution in [0.2, 0.25) is 18.1 Å². The van der Waals surface area contributed by atoms with Crippen LogP contribution in [-0.2, 0) is 23.5 Å². The van der Waals surface area contributed by atoms with E-state index in [2.05, 4.69) is 6.58 Å². The number of allylic oxidation sites excluding steroid dienone is 1. The summed E-state index contributed by atoms with van der Waals surface area (Å²) in [5, 5.41) is 9.59. The zero-order valence-corrected chi connectivity index (χ0v) is 25.1. The van der Waals surface area contributed by atoms with Crippen LogP contribution in [0.4, 0.5) is 4.79 Å². The van der Waals surface area contributed by atoms with Crippen LogP contribution in [0.5, 0.6) is 0 Å². The first kappa shape index (κ1) is 34.2. The number of hydrogen-bond donors (Lipinski definition) is 1. The standard InChI is InChI=1S/C24H41Cl3O7Si/c1-9-13-16(5)20(33-22(31)32-15-24(25,26)27)17(6)21(30)23(7,8)18(14-19(28)29)34-35(10-2,11-3)12-4/h9,16-18,20H,1,10-15H2,2-8H3,(H,28,29). The molecule has 0 aliphatic carbocycles. The van der Waals surface area contributed by atoms with Gasteiger partial charge >= 0.3 is 12.1 Å². The average Bonchev–Trinajstić information content (AvgIpc) is 2.77. The fourth-order valence-corrected chi connectivity index (χ4v) is 7.34. The number of rotatable bonds is 16. The molecule has 204 valence electrons. The number of hydrogen-bond acceptors (Lipinski definition) is 6. The van der Waals surface area contributed by atoms with Gasteiger partial charge in [0.15, 0.2) is 8.32 Å². The van der Waals surface area contributed by atoms with E-state index in [1.165, 1.54) is 0 Å². The summed E-state index contributed by atoms with van der Waals surface area (Å²) in [5.74, 6) is -2.39. The van der Waals surface area contributed by atoms with E-state index in [0.29, 0.717) is 6.42 Å².